The molecule has 1 aromatic carbocycles. The Balaban J connectivity index is 3.13. The molecular formula is C14H20O3S. The molecule has 0 amide bonds. The third-order valence-corrected chi connectivity index (χ3v) is 4.83. The van der Waals surface area contributed by atoms with E-state index in [1.807, 2.05) is 13.8 Å². The molecule has 0 radical (unpaired) electrons. The van der Waals surface area contributed by atoms with Crippen LogP contribution in [0.2, 0.25) is 0 Å². The van der Waals surface area contributed by atoms with E-state index in [4.69, 9.17) is 0 Å². The SMILES string of the molecule is CCS(=O)(=O)c1ccc(C(C(C)=O)C(C)C)cc1. The van der Waals surface area contributed by atoms with Gasteiger partial charge in [0.2, 0.25) is 0 Å². The summed E-state index contributed by atoms with van der Waals surface area (Å²) >= 11 is 0. The lowest BCUT2D eigenvalue weighted by atomic mass is 9.86. The van der Waals surface area contributed by atoms with Crippen molar-refractivity contribution in [3.05, 3.63) is 29.8 Å². The highest BCUT2D eigenvalue weighted by Gasteiger charge is 2.21. The fraction of sp³-hybridized carbons (Fsp3) is 0.500. The summed E-state index contributed by atoms with van der Waals surface area (Å²) in [4.78, 5) is 11.9. The van der Waals surface area contributed by atoms with E-state index < -0.39 is 9.84 Å². The maximum absolute atomic E-state index is 11.7. The maximum atomic E-state index is 11.7. The summed E-state index contributed by atoms with van der Waals surface area (Å²) in [7, 11) is -3.17. The predicted molar refractivity (Wildman–Crippen MR) is 72.4 cm³/mol. The number of hydrogen-bond acceptors (Lipinski definition) is 3. The Kier molecular flexibility index (Phi) is 4.68. The Morgan fingerprint density at radius 3 is 2.00 bits per heavy atom. The molecule has 1 unspecified atom stereocenters. The summed E-state index contributed by atoms with van der Waals surface area (Å²) in [6, 6.07) is 6.67. The standard InChI is InChI=1S/C14H20O3S/c1-5-18(16,17)13-8-6-12(7-9-13)14(10(2)3)11(4)15/h6-10,14H,5H2,1-4H3. The van der Waals surface area contributed by atoms with E-state index in [2.05, 4.69) is 0 Å². The summed E-state index contributed by atoms with van der Waals surface area (Å²) in [5, 5.41) is 0. The number of ketones is 1. The predicted octanol–water partition coefficient (Wildman–Crippen LogP) is 2.81. The number of rotatable bonds is 5. The van der Waals surface area contributed by atoms with Crippen molar-refractivity contribution in [1.29, 1.82) is 0 Å². The van der Waals surface area contributed by atoms with E-state index in [0.717, 1.165) is 5.56 Å². The topological polar surface area (TPSA) is 51.2 Å². The second-order valence-corrected chi connectivity index (χ2v) is 7.08. The Bertz CT molecular complexity index is 512. The monoisotopic (exact) mass is 268 g/mol. The third kappa shape index (κ3) is 3.19. The molecule has 0 bridgehead atoms. The Labute approximate surface area is 109 Å². The van der Waals surface area contributed by atoms with Crippen LogP contribution in [-0.2, 0) is 14.6 Å². The van der Waals surface area contributed by atoms with Crippen molar-refractivity contribution in [2.45, 2.75) is 38.5 Å². The van der Waals surface area contributed by atoms with Crippen molar-refractivity contribution in [1.82, 2.24) is 0 Å². The van der Waals surface area contributed by atoms with Gasteiger partial charge in [-0.2, -0.15) is 0 Å². The summed E-state index contributed by atoms with van der Waals surface area (Å²) in [5.74, 6) is 0.239. The summed E-state index contributed by atoms with van der Waals surface area (Å²) in [6.45, 7) is 7.17. The first kappa shape index (κ1) is 14.9. The van der Waals surface area contributed by atoms with Crippen LogP contribution in [0, 0.1) is 5.92 Å². The highest BCUT2D eigenvalue weighted by Crippen LogP contribution is 2.26. The van der Waals surface area contributed by atoms with Gasteiger partial charge in [0.15, 0.2) is 9.84 Å². The molecule has 1 rings (SSSR count). The van der Waals surface area contributed by atoms with Crippen LogP contribution in [0.15, 0.2) is 29.2 Å². The molecule has 0 spiro atoms. The first-order valence-corrected chi connectivity index (χ1v) is 7.78. The fourth-order valence-corrected chi connectivity index (χ4v) is 3.02. The van der Waals surface area contributed by atoms with E-state index in [1.165, 1.54) is 0 Å². The van der Waals surface area contributed by atoms with Crippen LogP contribution in [0.1, 0.15) is 39.2 Å². The minimum atomic E-state index is -3.17. The minimum absolute atomic E-state index is 0.0899. The zero-order valence-corrected chi connectivity index (χ0v) is 12.1. The number of carbonyl (C=O) groups excluding carboxylic acids is 1. The van der Waals surface area contributed by atoms with Crippen LogP contribution in [0.25, 0.3) is 0 Å². The molecule has 0 aliphatic heterocycles. The van der Waals surface area contributed by atoms with Gasteiger partial charge in [0.25, 0.3) is 0 Å². The van der Waals surface area contributed by atoms with Gasteiger partial charge in [-0.25, -0.2) is 8.42 Å². The molecule has 0 aliphatic carbocycles. The Morgan fingerprint density at radius 1 is 1.17 bits per heavy atom. The molecule has 0 saturated heterocycles. The van der Waals surface area contributed by atoms with Gasteiger partial charge in [0.05, 0.1) is 10.6 Å². The first-order valence-electron chi connectivity index (χ1n) is 6.12. The lowest BCUT2D eigenvalue weighted by molar-refractivity contribution is -0.119. The van der Waals surface area contributed by atoms with E-state index in [0.29, 0.717) is 4.90 Å². The van der Waals surface area contributed by atoms with Gasteiger partial charge in [-0.3, -0.25) is 4.79 Å². The van der Waals surface area contributed by atoms with E-state index in [-0.39, 0.29) is 23.4 Å². The van der Waals surface area contributed by atoms with Gasteiger partial charge in [-0.1, -0.05) is 32.9 Å². The van der Waals surface area contributed by atoms with Gasteiger partial charge < -0.3 is 0 Å². The van der Waals surface area contributed by atoms with Gasteiger partial charge >= 0.3 is 0 Å². The molecule has 0 aliphatic rings. The number of sulfone groups is 1. The highest BCUT2D eigenvalue weighted by molar-refractivity contribution is 7.91. The molecule has 100 valence electrons. The molecule has 0 aromatic heterocycles. The molecular weight excluding hydrogens is 248 g/mol. The lowest BCUT2D eigenvalue weighted by Gasteiger charge is -2.18. The molecule has 1 atom stereocenters. The van der Waals surface area contributed by atoms with Gasteiger partial charge in [-0.15, -0.1) is 0 Å². The maximum Gasteiger partial charge on any atom is 0.178 e. The molecule has 3 nitrogen and oxygen atoms in total. The molecule has 0 saturated carbocycles. The average Bonchev–Trinajstić information content (AvgIpc) is 2.29. The number of Topliss-reactive ketones (excluding diaryl/α,β-unsaturated/α-hetero) is 1. The minimum Gasteiger partial charge on any atom is -0.299 e. The quantitative estimate of drug-likeness (QED) is 0.825. The summed E-state index contributed by atoms with van der Waals surface area (Å²) in [5.41, 5.74) is 0.882. The first-order chi connectivity index (χ1) is 8.29. The fourth-order valence-electron chi connectivity index (χ4n) is 2.14. The van der Waals surface area contributed by atoms with Crippen molar-refractivity contribution in [2.75, 3.05) is 5.75 Å². The van der Waals surface area contributed by atoms with E-state index in [1.54, 1.807) is 38.1 Å². The highest BCUT2D eigenvalue weighted by atomic mass is 32.2. The zero-order chi connectivity index (χ0) is 13.9. The smallest absolute Gasteiger partial charge is 0.178 e. The van der Waals surface area contributed by atoms with Crippen LogP contribution in [-0.4, -0.2) is 20.0 Å². The largest absolute Gasteiger partial charge is 0.299 e. The van der Waals surface area contributed by atoms with Gasteiger partial charge in [0, 0.05) is 5.92 Å². The van der Waals surface area contributed by atoms with Crippen LogP contribution in [0.5, 0.6) is 0 Å². The normalized spacial score (nSPS) is 13.6. The molecule has 18 heavy (non-hydrogen) atoms. The van der Waals surface area contributed by atoms with Crippen LogP contribution in [0.4, 0.5) is 0 Å². The van der Waals surface area contributed by atoms with Crippen LogP contribution in [0.3, 0.4) is 0 Å². The van der Waals surface area contributed by atoms with Gasteiger partial charge in [0.1, 0.15) is 5.78 Å². The Morgan fingerprint density at radius 2 is 1.67 bits per heavy atom. The van der Waals surface area contributed by atoms with Crippen molar-refractivity contribution >= 4 is 15.6 Å². The van der Waals surface area contributed by atoms with E-state index >= 15 is 0 Å². The molecule has 1 aromatic rings. The lowest BCUT2D eigenvalue weighted by Crippen LogP contribution is -2.15. The second-order valence-electron chi connectivity index (χ2n) is 4.80. The van der Waals surface area contributed by atoms with Crippen LogP contribution < -0.4 is 0 Å². The molecule has 0 fully saturated rings. The van der Waals surface area contributed by atoms with E-state index in [9.17, 15) is 13.2 Å². The summed E-state index contributed by atoms with van der Waals surface area (Å²) < 4.78 is 23.4. The van der Waals surface area contributed by atoms with Crippen LogP contribution >= 0.6 is 0 Å². The van der Waals surface area contributed by atoms with Crippen molar-refractivity contribution < 1.29 is 13.2 Å². The molecule has 4 heteroatoms. The number of benzene rings is 1. The second kappa shape index (κ2) is 5.65. The summed E-state index contributed by atoms with van der Waals surface area (Å²) in [6.07, 6.45) is 0. The van der Waals surface area contributed by atoms with Crippen molar-refractivity contribution in [3.63, 3.8) is 0 Å². The Hall–Kier alpha value is -1.16. The number of hydrogen-bond donors (Lipinski definition) is 0. The van der Waals surface area contributed by atoms with Crippen molar-refractivity contribution in [2.24, 2.45) is 5.92 Å². The number of carbonyl (C=O) groups is 1. The average molecular weight is 268 g/mol. The van der Waals surface area contributed by atoms with Gasteiger partial charge in [-0.05, 0) is 30.5 Å². The third-order valence-electron chi connectivity index (χ3n) is 3.08. The zero-order valence-electron chi connectivity index (χ0n) is 11.3. The molecule has 0 N–H and O–H groups in total. The van der Waals surface area contributed by atoms with Crippen molar-refractivity contribution in [3.8, 4) is 0 Å². The molecule has 0 heterocycles.